The Labute approximate surface area is 94.6 Å². The molecule has 0 saturated heterocycles. The van der Waals surface area contributed by atoms with Crippen LogP contribution in [0.25, 0.3) is 5.69 Å². The zero-order valence-electron chi connectivity index (χ0n) is 7.98. The smallest absolute Gasteiger partial charge is 0.335 e. The summed E-state index contributed by atoms with van der Waals surface area (Å²) >= 11 is 5.88. The van der Waals surface area contributed by atoms with E-state index < -0.39 is 17.1 Å². The van der Waals surface area contributed by atoms with Gasteiger partial charge in [-0.05, 0) is 12.1 Å². The van der Waals surface area contributed by atoms with Gasteiger partial charge >= 0.3 is 5.69 Å². The second kappa shape index (κ2) is 3.86. The fourth-order valence-electron chi connectivity index (χ4n) is 1.35. The van der Waals surface area contributed by atoms with Crippen LogP contribution in [0, 0.1) is 0 Å². The summed E-state index contributed by atoms with van der Waals surface area (Å²) < 4.78 is 0.920. The van der Waals surface area contributed by atoms with Crippen LogP contribution in [0.5, 0.6) is 5.88 Å². The first-order chi connectivity index (χ1) is 7.59. The Morgan fingerprint density at radius 2 is 1.94 bits per heavy atom. The maximum atomic E-state index is 11.5. The van der Waals surface area contributed by atoms with E-state index >= 15 is 0 Å². The molecule has 0 unspecified atom stereocenters. The molecule has 0 bridgehead atoms. The summed E-state index contributed by atoms with van der Waals surface area (Å²) in [4.78, 5) is 24.5. The lowest BCUT2D eigenvalue weighted by molar-refractivity contribution is 0.431. The van der Waals surface area contributed by atoms with Crippen LogP contribution in [0.1, 0.15) is 0 Å². The zero-order chi connectivity index (χ0) is 11.7. The van der Waals surface area contributed by atoms with Gasteiger partial charge in [-0.3, -0.25) is 9.78 Å². The standard InChI is InChI=1S/C10H7ClN2O3/c11-6-3-1-2-4-7(6)13-9(15)5-8(14)12-10(13)16/h1-5,15H,(H,12,14,16). The lowest BCUT2D eigenvalue weighted by Gasteiger charge is -2.08. The van der Waals surface area contributed by atoms with Gasteiger partial charge in [-0.15, -0.1) is 0 Å². The largest absolute Gasteiger partial charge is 0.494 e. The van der Waals surface area contributed by atoms with Crippen LogP contribution in [-0.4, -0.2) is 14.7 Å². The van der Waals surface area contributed by atoms with Crippen molar-refractivity contribution in [3.05, 3.63) is 56.2 Å². The first-order valence-corrected chi connectivity index (χ1v) is 4.77. The van der Waals surface area contributed by atoms with Gasteiger partial charge in [0.1, 0.15) is 0 Å². The first-order valence-electron chi connectivity index (χ1n) is 4.40. The van der Waals surface area contributed by atoms with Crippen LogP contribution in [-0.2, 0) is 0 Å². The SMILES string of the molecule is O=c1cc(O)n(-c2ccccc2Cl)c(=O)[nH]1. The molecule has 0 spiro atoms. The third kappa shape index (κ3) is 1.72. The summed E-state index contributed by atoms with van der Waals surface area (Å²) in [7, 11) is 0. The molecule has 2 aromatic rings. The number of halogens is 1. The molecule has 1 aromatic heterocycles. The van der Waals surface area contributed by atoms with Gasteiger partial charge in [0.2, 0.25) is 5.88 Å². The highest BCUT2D eigenvalue weighted by molar-refractivity contribution is 6.32. The lowest BCUT2D eigenvalue weighted by Crippen LogP contribution is -2.28. The van der Waals surface area contributed by atoms with Crippen molar-refractivity contribution in [1.82, 2.24) is 9.55 Å². The third-order valence-corrected chi connectivity index (χ3v) is 2.34. The van der Waals surface area contributed by atoms with Gasteiger partial charge in [0.25, 0.3) is 5.56 Å². The number of H-pyrrole nitrogens is 1. The Kier molecular flexibility index (Phi) is 2.54. The van der Waals surface area contributed by atoms with Gasteiger partial charge in [-0.1, -0.05) is 23.7 Å². The van der Waals surface area contributed by atoms with E-state index in [9.17, 15) is 14.7 Å². The molecule has 6 heteroatoms. The summed E-state index contributed by atoms with van der Waals surface area (Å²) in [5, 5.41) is 9.83. The summed E-state index contributed by atoms with van der Waals surface area (Å²) in [5.41, 5.74) is -1.09. The topological polar surface area (TPSA) is 75.1 Å². The second-order valence-corrected chi connectivity index (χ2v) is 3.49. The molecule has 5 nitrogen and oxygen atoms in total. The highest BCUT2D eigenvalue weighted by Gasteiger charge is 2.09. The molecular weight excluding hydrogens is 232 g/mol. The second-order valence-electron chi connectivity index (χ2n) is 3.08. The molecule has 0 amide bonds. The van der Waals surface area contributed by atoms with Crippen LogP contribution in [0.15, 0.2) is 39.9 Å². The van der Waals surface area contributed by atoms with Gasteiger partial charge in [-0.25, -0.2) is 9.36 Å². The van der Waals surface area contributed by atoms with Crippen molar-refractivity contribution in [1.29, 1.82) is 0 Å². The first kappa shape index (κ1) is 10.5. The summed E-state index contributed by atoms with van der Waals surface area (Å²) in [6, 6.07) is 7.40. The van der Waals surface area contributed by atoms with Crippen molar-refractivity contribution < 1.29 is 5.11 Å². The van der Waals surface area contributed by atoms with Crippen LogP contribution in [0.2, 0.25) is 5.02 Å². The number of aromatic nitrogens is 2. The molecule has 1 aromatic carbocycles. The average Bonchev–Trinajstić information content (AvgIpc) is 2.19. The molecule has 0 saturated carbocycles. The molecule has 0 aliphatic heterocycles. The molecule has 16 heavy (non-hydrogen) atoms. The minimum Gasteiger partial charge on any atom is -0.494 e. The number of nitrogens with one attached hydrogen (secondary N) is 1. The minimum atomic E-state index is -0.738. The van der Waals surface area contributed by atoms with Crippen molar-refractivity contribution in [2.24, 2.45) is 0 Å². The maximum Gasteiger partial charge on any atom is 0.335 e. The van der Waals surface area contributed by atoms with Gasteiger partial charge in [0, 0.05) is 0 Å². The quantitative estimate of drug-likeness (QED) is 0.775. The van der Waals surface area contributed by atoms with E-state index in [4.69, 9.17) is 11.6 Å². The van der Waals surface area contributed by atoms with Crippen LogP contribution >= 0.6 is 11.6 Å². The predicted octanol–water partition coefficient (Wildman–Crippen LogP) is 0.885. The number of aromatic amines is 1. The van der Waals surface area contributed by atoms with Crippen molar-refractivity contribution in [2.45, 2.75) is 0 Å². The Morgan fingerprint density at radius 1 is 1.25 bits per heavy atom. The van der Waals surface area contributed by atoms with Gasteiger partial charge < -0.3 is 5.11 Å². The van der Waals surface area contributed by atoms with E-state index in [1.54, 1.807) is 24.3 Å². The maximum absolute atomic E-state index is 11.5. The van der Waals surface area contributed by atoms with E-state index in [1.165, 1.54) is 0 Å². The van der Waals surface area contributed by atoms with Gasteiger partial charge in [0.05, 0.1) is 16.8 Å². The van der Waals surface area contributed by atoms with Crippen molar-refractivity contribution in [3.8, 4) is 11.6 Å². The fraction of sp³-hybridized carbons (Fsp3) is 0. The van der Waals surface area contributed by atoms with E-state index in [0.29, 0.717) is 10.7 Å². The van der Waals surface area contributed by atoms with Crippen molar-refractivity contribution in [2.75, 3.05) is 0 Å². The molecule has 1 heterocycles. The molecule has 82 valence electrons. The Bertz CT molecular complexity index is 645. The number of nitrogens with zero attached hydrogens (tertiary/aromatic N) is 1. The Hall–Kier alpha value is -2.01. The monoisotopic (exact) mass is 238 g/mol. The predicted molar refractivity (Wildman–Crippen MR) is 59.3 cm³/mol. The van der Waals surface area contributed by atoms with E-state index in [0.717, 1.165) is 10.6 Å². The third-order valence-electron chi connectivity index (χ3n) is 2.02. The summed E-state index contributed by atoms with van der Waals surface area (Å²) in [5.74, 6) is -0.457. The Balaban J connectivity index is 2.80. The molecule has 0 fully saturated rings. The highest BCUT2D eigenvalue weighted by Crippen LogP contribution is 2.20. The highest BCUT2D eigenvalue weighted by atomic mass is 35.5. The van der Waals surface area contributed by atoms with Crippen LogP contribution < -0.4 is 11.2 Å². The fourth-order valence-corrected chi connectivity index (χ4v) is 1.57. The molecule has 2 rings (SSSR count). The van der Waals surface area contributed by atoms with E-state index in [-0.39, 0.29) is 0 Å². The average molecular weight is 239 g/mol. The molecule has 0 aliphatic carbocycles. The van der Waals surface area contributed by atoms with Crippen molar-refractivity contribution in [3.63, 3.8) is 0 Å². The van der Waals surface area contributed by atoms with Gasteiger partial charge in [0.15, 0.2) is 0 Å². The van der Waals surface area contributed by atoms with Crippen LogP contribution in [0.4, 0.5) is 0 Å². The van der Waals surface area contributed by atoms with E-state index in [1.807, 2.05) is 4.98 Å². The number of rotatable bonds is 1. The molecule has 0 aliphatic rings. The normalized spacial score (nSPS) is 10.3. The molecule has 2 N–H and O–H groups in total. The zero-order valence-corrected chi connectivity index (χ0v) is 8.73. The number of benzene rings is 1. The number of hydrogen-bond acceptors (Lipinski definition) is 3. The molecule has 0 radical (unpaired) electrons. The lowest BCUT2D eigenvalue weighted by atomic mass is 10.3. The van der Waals surface area contributed by atoms with Crippen molar-refractivity contribution >= 4 is 11.6 Å². The minimum absolute atomic E-state index is 0.298. The Morgan fingerprint density at radius 3 is 2.56 bits per heavy atom. The van der Waals surface area contributed by atoms with Gasteiger partial charge in [-0.2, -0.15) is 0 Å². The number of hydrogen-bond donors (Lipinski definition) is 2. The number of aromatic hydroxyl groups is 1. The summed E-state index contributed by atoms with van der Waals surface area (Å²) in [6.45, 7) is 0. The van der Waals surface area contributed by atoms with E-state index in [2.05, 4.69) is 0 Å². The number of para-hydroxylation sites is 1. The summed E-state index contributed by atoms with van der Waals surface area (Å²) in [6.07, 6.45) is 0. The van der Waals surface area contributed by atoms with Crippen LogP contribution in [0.3, 0.4) is 0 Å². The molecule has 0 atom stereocenters. The molecular formula is C10H7ClN2O3.